The predicted molar refractivity (Wildman–Crippen MR) is 123 cm³/mol. The minimum Gasteiger partial charge on any atom is -0.452 e. The van der Waals surface area contributed by atoms with Gasteiger partial charge in [-0.2, -0.15) is 0 Å². The van der Waals surface area contributed by atoms with Crippen LogP contribution in [0.1, 0.15) is 63.1 Å². The molecule has 0 N–H and O–H groups in total. The van der Waals surface area contributed by atoms with Gasteiger partial charge in [0.1, 0.15) is 11.5 Å². The lowest BCUT2D eigenvalue weighted by Gasteiger charge is -2.19. The molecular formula is C26H24O4S. The van der Waals surface area contributed by atoms with Crippen molar-refractivity contribution in [2.24, 2.45) is 0 Å². The number of hydrogen-bond acceptors (Lipinski definition) is 5. The molecule has 2 aromatic carbocycles. The van der Waals surface area contributed by atoms with Crippen LogP contribution in [0.15, 0.2) is 53.6 Å². The maximum Gasteiger partial charge on any atom is 0.343 e. The van der Waals surface area contributed by atoms with E-state index in [2.05, 4.69) is 20.8 Å². The van der Waals surface area contributed by atoms with Crippen LogP contribution in [0.25, 0.3) is 6.08 Å². The van der Waals surface area contributed by atoms with E-state index in [1.165, 1.54) is 0 Å². The van der Waals surface area contributed by atoms with Crippen molar-refractivity contribution in [1.82, 2.24) is 0 Å². The van der Waals surface area contributed by atoms with Gasteiger partial charge < -0.3 is 9.47 Å². The zero-order valence-corrected chi connectivity index (χ0v) is 19.1. The Kier molecular flexibility index (Phi) is 5.31. The lowest BCUT2D eigenvalue weighted by Crippen LogP contribution is -2.13. The highest BCUT2D eigenvalue weighted by atomic mass is 32.1. The summed E-state index contributed by atoms with van der Waals surface area (Å²) in [6.45, 7) is 10.1. The molecule has 0 atom stereocenters. The Labute approximate surface area is 186 Å². The van der Waals surface area contributed by atoms with E-state index in [-0.39, 0.29) is 17.0 Å². The Balaban J connectivity index is 1.57. The number of Topliss-reactive ketones (excluding diaryl/α,β-unsaturated/α-hetero) is 1. The van der Waals surface area contributed by atoms with Crippen molar-refractivity contribution in [2.45, 2.75) is 40.0 Å². The van der Waals surface area contributed by atoms with E-state index in [0.717, 1.165) is 16.0 Å². The second-order valence-electron chi connectivity index (χ2n) is 8.69. The molecule has 4 nitrogen and oxygen atoms in total. The fourth-order valence-corrected chi connectivity index (χ4v) is 4.24. The minimum absolute atomic E-state index is 0.00968. The molecule has 0 spiro atoms. The number of thiophene rings is 1. The SMILES string of the molecule is Cc1ccsc1/C=C1\Oc2c(ccc(OC(=O)c3ccc(C(C)(C)C)cc3)c2C)C1=O. The maximum atomic E-state index is 12.8. The fraction of sp³-hybridized carbons (Fsp3) is 0.231. The van der Waals surface area contributed by atoms with Gasteiger partial charge in [0.25, 0.3) is 0 Å². The number of aryl methyl sites for hydroxylation is 1. The van der Waals surface area contributed by atoms with E-state index >= 15 is 0 Å². The molecule has 0 bridgehead atoms. The number of carbonyl (C=O) groups excluding carboxylic acids is 2. The number of hydrogen-bond donors (Lipinski definition) is 0. The smallest absolute Gasteiger partial charge is 0.343 e. The Morgan fingerprint density at radius 1 is 1.03 bits per heavy atom. The first-order chi connectivity index (χ1) is 14.6. The normalized spacial score (nSPS) is 14.5. The van der Waals surface area contributed by atoms with Crippen molar-refractivity contribution in [3.63, 3.8) is 0 Å². The first kappa shape index (κ1) is 21.1. The Morgan fingerprint density at radius 2 is 1.74 bits per heavy atom. The molecule has 158 valence electrons. The van der Waals surface area contributed by atoms with Crippen molar-refractivity contribution in [1.29, 1.82) is 0 Å². The highest BCUT2D eigenvalue weighted by molar-refractivity contribution is 7.11. The molecular weight excluding hydrogens is 408 g/mol. The number of ether oxygens (including phenoxy) is 2. The molecule has 5 heteroatoms. The van der Waals surface area contributed by atoms with Crippen LogP contribution < -0.4 is 9.47 Å². The summed E-state index contributed by atoms with van der Waals surface area (Å²) in [5.41, 5.74) is 3.82. The number of esters is 1. The van der Waals surface area contributed by atoms with Crippen molar-refractivity contribution in [2.75, 3.05) is 0 Å². The second-order valence-corrected chi connectivity index (χ2v) is 9.64. The second kappa shape index (κ2) is 7.82. The van der Waals surface area contributed by atoms with Gasteiger partial charge in [0.2, 0.25) is 5.78 Å². The first-order valence-electron chi connectivity index (χ1n) is 10.1. The molecule has 0 saturated carbocycles. The third-order valence-electron chi connectivity index (χ3n) is 5.39. The Morgan fingerprint density at radius 3 is 2.35 bits per heavy atom. The van der Waals surface area contributed by atoms with Crippen LogP contribution in [0.3, 0.4) is 0 Å². The molecule has 1 aromatic heterocycles. The lowest BCUT2D eigenvalue weighted by molar-refractivity contribution is 0.0733. The molecule has 31 heavy (non-hydrogen) atoms. The van der Waals surface area contributed by atoms with Crippen LogP contribution in [0.2, 0.25) is 0 Å². The summed E-state index contributed by atoms with van der Waals surface area (Å²) >= 11 is 1.55. The standard InChI is InChI=1S/C26H24O4S/c1-15-12-13-31-22(15)14-21-23(27)19-10-11-20(16(2)24(19)29-21)30-25(28)17-6-8-18(9-7-17)26(3,4)5/h6-14H,1-5H3/b21-14-. The first-order valence-corrected chi connectivity index (χ1v) is 11.0. The zero-order chi connectivity index (χ0) is 22.3. The molecule has 0 aliphatic carbocycles. The van der Waals surface area contributed by atoms with E-state index in [0.29, 0.717) is 28.2 Å². The summed E-state index contributed by atoms with van der Waals surface area (Å²) in [7, 11) is 0. The molecule has 4 rings (SSSR count). The van der Waals surface area contributed by atoms with E-state index in [1.54, 1.807) is 48.6 Å². The lowest BCUT2D eigenvalue weighted by atomic mass is 9.87. The van der Waals surface area contributed by atoms with Crippen molar-refractivity contribution in [3.8, 4) is 11.5 Å². The molecule has 0 amide bonds. The van der Waals surface area contributed by atoms with Gasteiger partial charge in [0.05, 0.1) is 11.1 Å². The summed E-state index contributed by atoms with van der Waals surface area (Å²) in [4.78, 5) is 26.4. The molecule has 0 unspecified atom stereocenters. The number of fused-ring (bicyclic) bond motifs is 1. The summed E-state index contributed by atoms with van der Waals surface area (Å²) in [5, 5.41) is 1.98. The van der Waals surface area contributed by atoms with Crippen LogP contribution in [0.4, 0.5) is 0 Å². The van der Waals surface area contributed by atoms with Crippen molar-refractivity contribution < 1.29 is 19.1 Å². The number of rotatable bonds is 3. The molecule has 1 aliphatic rings. The maximum absolute atomic E-state index is 12.8. The van der Waals surface area contributed by atoms with Crippen LogP contribution in [0, 0.1) is 13.8 Å². The Bertz CT molecular complexity index is 1210. The van der Waals surface area contributed by atoms with Gasteiger partial charge in [-0.1, -0.05) is 32.9 Å². The summed E-state index contributed by atoms with van der Waals surface area (Å²) < 4.78 is 11.5. The molecule has 2 heterocycles. The van der Waals surface area contributed by atoms with Crippen LogP contribution in [-0.2, 0) is 5.41 Å². The number of carbonyl (C=O) groups is 2. The van der Waals surface area contributed by atoms with E-state index in [4.69, 9.17) is 9.47 Å². The van der Waals surface area contributed by atoms with Gasteiger partial charge >= 0.3 is 5.97 Å². The van der Waals surface area contributed by atoms with Gasteiger partial charge in [-0.3, -0.25) is 4.79 Å². The van der Waals surface area contributed by atoms with E-state index in [9.17, 15) is 9.59 Å². The van der Waals surface area contributed by atoms with E-state index < -0.39 is 5.97 Å². The molecule has 0 saturated heterocycles. The average molecular weight is 433 g/mol. The van der Waals surface area contributed by atoms with Gasteiger partial charge in [-0.15, -0.1) is 11.3 Å². The molecule has 3 aromatic rings. The molecule has 1 aliphatic heterocycles. The summed E-state index contributed by atoms with van der Waals surface area (Å²) in [6, 6.07) is 12.7. The number of benzene rings is 2. The van der Waals surface area contributed by atoms with Crippen molar-refractivity contribution in [3.05, 3.63) is 86.3 Å². The summed E-state index contributed by atoms with van der Waals surface area (Å²) in [5.74, 6) is 0.494. The quantitative estimate of drug-likeness (QED) is 0.269. The van der Waals surface area contributed by atoms with Crippen LogP contribution >= 0.6 is 11.3 Å². The van der Waals surface area contributed by atoms with Crippen molar-refractivity contribution >= 4 is 29.2 Å². The summed E-state index contributed by atoms with van der Waals surface area (Å²) in [6.07, 6.45) is 1.77. The number of ketones is 1. The van der Waals surface area contributed by atoms with Gasteiger partial charge in [0.15, 0.2) is 5.76 Å². The fourth-order valence-electron chi connectivity index (χ4n) is 3.40. The minimum atomic E-state index is -0.446. The highest BCUT2D eigenvalue weighted by Crippen LogP contribution is 2.40. The van der Waals surface area contributed by atoms with Crippen LogP contribution in [-0.4, -0.2) is 11.8 Å². The van der Waals surface area contributed by atoms with Crippen LogP contribution in [0.5, 0.6) is 11.5 Å². The average Bonchev–Trinajstić information content (AvgIpc) is 3.27. The monoisotopic (exact) mass is 432 g/mol. The number of allylic oxidation sites excluding steroid dienone is 1. The van der Waals surface area contributed by atoms with Gasteiger partial charge in [-0.25, -0.2) is 4.79 Å². The zero-order valence-electron chi connectivity index (χ0n) is 18.2. The van der Waals surface area contributed by atoms with Gasteiger partial charge in [0, 0.05) is 16.5 Å². The topological polar surface area (TPSA) is 52.6 Å². The van der Waals surface area contributed by atoms with Gasteiger partial charge in [-0.05, 0) is 66.1 Å². The molecule has 0 fully saturated rings. The third-order valence-corrected chi connectivity index (χ3v) is 6.36. The highest BCUT2D eigenvalue weighted by Gasteiger charge is 2.31. The third kappa shape index (κ3) is 4.06. The predicted octanol–water partition coefficient (Wildman–Crippen LogP) is 6.50. The van der Waals surface area contributed by atoms with E-state index in [1.807, 2.05) is 30.5 Å². The molecule has 0 radical (unpaired) electrons. The Hall–Kier alpha value is -3.18. The largest absolute Gasteiger partial charge is 0.452 e.